The Morgan fingerprint density at radius 2 is 1.76 bits per heavy atom. The highest BCUT2D eigenvalue weighted by Crippen LogP contribution is 2.28. The first kappa shape index (κ1) is 13.7. The first-order valence-corrected chi connectivity index (χ1v) is 7.43. The van der Waals surface area contributed by atoms with Crippen LogP contribution in [-0.2, 0) is 6.61 Å². The molecule has 2 nitrogen and oxygen atoms in total. The van der Waals surface area contributed by atoms with Gasteiger partial charge in [-0.25, -0.2) is 0 Å². The van der Waals surface area contributed by atoms with E-state index in [4.69, 9.17) is 4.74 Å². The molecular formula is C19H21NO. The summed E-state index contributed by atoms with van der Waals surface area (Å²) in [5, 5.41) is 1.29. The molecule has 0 amide bonds. The molecule has 0 fully saturated rings. The first-order chi connectivity index (χ1) is 10.2. The van der Waals surface area contributed by atoms with E-state index in [-0.39, 0.29) is 0 Å². The van der Waals surface area contributed by atoms with Crippen LogP contribution in [0.25, 0.3) is 10.9 Å². The van der Waals surface area contributed by atoms with Crippen molar-refractivity contribution in [2.45, 2.75) is 33.4 Å². The van der Waals surface area contributed by atoms with Crippen molar-refractivity contribution in [1.29, 1.82) is 0 Å². The zero-order valence-electron chi connectivity index (χ0n) is 12.8. The van der Waals surface area contributed by atoms with Gasteiger partial charge in [-0.1, -0.05) is 36.4 Å². The first-order valence-electron chi connectivity index (χ1n) is 7.43. The van der Waals surface area contributed by atoms with Crippen molar-refractivity contribution in [3.63, 3.8) is 0 Å². The Labute approximate surface area is 126 Å². The molecule has 0 aliphatic heterocycles. The van der Waals surface area contributed by atoms with Gasteiger partial charge in [0.2, 0.25) is 0 Å². The molecule has 0 saturated carbocycles. The molecule has 1 aromatic heterocycles. The lowest BCUT2D eigenvalue weighted by Crippen LogP contribution is -1.99. The summed E-state index contributed by atoms with van der Waals surface area (Å²) in [6.45, 7) is 7.20. The summed E-state index contributed by atoms with van der Waals surface area (Å²) >= 11 is 0. The van der Waals surface area contributed by atoms with Crippen LogP contribution in [0.1, 0.15) is 31.0 Å². The van der Waals surface area contributed by atoms with E-state index in [0.717, 1.165) is 5.75 Å². The lowest BCUT2D eigenvalue weighted by atomic mass is 10.1. The highest BCUT2D eigenvalue weighted by molar-refractivity contribution is 5.86. The fourth-order valence-corrected chi connectivity index (χ4v) is 2.76. The molecule has 0 aliphatic carbocycles. The van der Waals surface area contributed by atoms with Crippen LogP contribution in [0.4, 0.5) is 0 Å². The van der Waals surface area contributed by atoms with Crippen LogP contribution < -0.4 is 4.74 Å². The van der Waals surface area contributed by atoms with Gasteiger partial charge in [0.25, 0.3) is 0 Å². The number of hydrogen-bond acceptors (Lipinski definition) is 1. The average molecular weight is 279 g/mol. The molecule has 0 aliphatic rings. The highest BCUT2D eigenvalue weighted by Gasteiger charge is 2.12. The largest absolute Gasteiger partial charge is 0.489 e. The van der Waals surface area contributed by atoms with E-state index < -0.39 is 0 Å². The number of aromatic nitrogens is 1. The zero-order chi connectivity index (χ0) is 14.8. The molecule has 0 radical (unpaired) electrons. The number of hydrogen-bond donors (Lipinski definition) is 0. The number of fused-ring (bicyclic) bond motifs is 1. The summed E-state index contributed by atoms with van der Waals surface area (Å²) in [7, 11) is 0. The molecule has 2 aromatic carbocycles. The van der Waals surface area contributed by atoms with Gasteiger partial charge in [0.05, 0.1) is 5.52 Å². The van der Waals surface area contributed by atoms with E-state index in [1.165, 1.54) is 22.0 Å². The molecule has 0 saturated heterocycles. The fourth-order valence-electron chi connectivity index (χ4n) is 2.76. The number of para-hydroxylation sites is 2. The Morgan fingerprint density at radius 3 is 2.48 bits per heavy atom. The quantitative estimate of drug-likeness (QED) is 0.647. The minimum atomic E-state index is 0.444. The molecule has 2 heteroatoms. The van der Waals surface area contributed by atoms with Gasteiger partial charge >= 0.3 is 0 Å². The third-order valence-electron chi connectivity index (χ3n) is 3.83. The van der Waals surface area contributed by atoms with Gasteiger partial charge in [-0.15, -0.1) is 0 Å². The van der Waals surface area contributed by atoms with Gasteiger partial charge in [-0.2, -0.15) is 0 Å². The van der Waals surface area contributed by atoms with Crippen molar-refractivity contribution in [2.24, 2.45) is 0 Å². The predicted molar refractivity (Wildman–Crippen MR) is 87.8 cm³/mol. The van der Waals surface area contributed by atoms with Gasteiger partial charge in [-0.05, 0) is 38.5 Å². The zero-order valence-corrected chi connectivity index (χ0v) is 12.8. The molecule has 0 atom stereocenters. The number of aryl methyl sites for hydroxylation is 1. The van der Waals surface area contributed by atoms with Gasteiger partial charge in [0.1, 0.15) is 12.4 Å². The molecule has 3 aromatic rings. The number of nitrogens with zero attached hydrogens (tertiary/aromatic N) is 1. The van der Waals surface area contributed by atoms with Crippen LogP contribution in [-0.4, -0.2) is 4.57 Å². The Morgan fingerprint density at radius 1 is 1.00 bits per heavy atom. The van der Waals surface area contributed by atoms with E-state index in [0.29, 0.717) is 12.6 Å². The van der Waals surface area contributed by atoms with E-state index >= 15 is 0 Å². The molecule has 0 unspecified atom stereocenters. The topological polar surface area (TPSA) is 14.2 Å². The summed E-state index contributed by atoms with van der Waals surface area (Å²) in [6, 6.07) is 16.9. The molecule has 108 valence electrons. The molecule has 0 N–H and O–H groups in total. The molecule has 1 heterocycles. The molecule has 21 heavy (non-hydrogen) atoms. The minimum absolute atomic E-state index is 0.444. The standard InChI is InChI=1S/C19H21NO/c1-14(2)20-12-16(13-21-17-9-5-4-6-10-17)18-11-7-8-15(3)19(18)20/h4-12,14H,13H2,1-3H3. The Kier molecular flexibility index (Phi) is 3.70. The van der Waals surface area contributed by atoms with Gasteiger partial charge in [0.15, 0.2) is 0 Å². The van der Waals surface area contributed by atoms with Crippen molar-refractivity contribution in [1.82, 2.24) is 4.57 Å². The monoisotopic (exact) mass is 279 g/mol. The maximum Gasteiger partial charge on any atom is 0.119 e. The fraction of sp³-hybridized carbons (Fsp3) is 0.263. The van der Waals surface area contributed by atoms with Gasteiger partial charge < -0.3 is 9.30 Å². The van der Waals surface area contributed by atoms with Crippen LogP contribution >= 0.6 is 0 Å². The molecule has 0 spiro atoms. The van der Waals surface area contributed by atoms with Crippen molar-refractivity contribution in [2.75, 3.05) is 0 Å². The predicted octanol–water partition coefficient (Wildman–Crippen LogP) is 5.11. The van der Waals surface area contributed by atoms with Crippen LogP contribution in [0, 0.1) is 6.92 Å². The van der Waals surface area contributed by atoms with Crippen LogP contribution in [0.2, 0.25) is 0 Å². The SMILES string of the molecule is Cc1cccc2c(COc3ccccc3)cn(C(C)C)c12. The Hall–Kier alpha value is -2.22. The summed E-state index contributed by atoms with van der Waals surface area (Å²) in [5.74, 6) is 0.913. The lowest BCUT2D eigenvalue weighted by Gasteiger charge is -2.10. The van der Waals surface area contributed by atoms with E-state index in [2.05, 4.69) is 49.7 Å². The second-order valence-corrected chi connectivity index (χ2v) is 5.73. The maximum atomic E-state index is 5.92. The van der Waals surface area contributed by atoms with Crippen LogP contribution in [0.5, 0.6) is 5.75 Å². The third kappa shape index (κ3) is 2.66. The normalized spacial score (nSPS) is 11.2. The van der Waals surface area contributed by atoms with Crippen molar-refractivity contribution < 1.29 is 4.74 Å². The average Bonchev–Trinajstić information content (AvgIpc) is 2.87. The Bertz CT molecular complexity index is 741. The van der Waals surface area contributed by atoms with Crippen LogP contribution in [0.3, 0.4) is 0 Å². The summed E-state index contributed by atoms with van der Waals surface area (Å²) < 4.78 is 8.26. The number of ether oxygens (including phenoxy) is 1. The molecule has 3 rings (SSSR count). The Balaban J connectivity index is 1.97. The van der Waals surface area contributed by atoms with E-state index in [1.54, 1.807) is 0 Å². The maximum absolute atomic E-state index is 5.92. The molecular weight excluding hydrogens is 258 g/mol. The number of rotatable bonds is 4. The van der Waals surface area contributed by atoms with E-state index in [1.807, 2.05) is 30.3 Å². The van der Waals surface area contributed by atoms with Gasteiger partial charge in [0, 0.05) is 23.2 Å². The minimum Gasteiger partial charge on any atom is -0.489 e. The second kappa shape index (κ2) is 5.65. The van der Waals surface area contributed by atoms with Crippen molar-refractivity contribution in [3.05, 3.63) is 65.9 Å². The summed E-state index contributed by atoms with van der Waals surface area (Å²) in [6.07, 6.45) is 2.23. The molecule has 0 bridgehead atoms. The summed E-state index contributed by atoms with van der Waals surface area (Å²) in [5.41, 5.74) is 3.87. The van der Waals surface area contributed by atoms with Crippen molar-refractivity contribution >= 4 is 10.9 Å². The second-order valence-electron chi connectivity index (χ2n) is 5.73. The van der Waals surface area contributed by atoms with Crippen molar-refractivity contribution in [3.8, 4) is 5.75 Å². The van der Waals surface area contributed by atoms with Gasteiger partial charge in [-0.3, -0.25) is 0 Å². The number of benzene rings is 2. The smallest absolute Gasteiger partial charge is 0.119 e. The van der Waals surface area contributed by atoms with Crippen LogP contribution in [0.15, 0.2) is 54.7 Å². The van der Waals surface area contributed by atoms with E-state index in [9.17, 15) is 0 Å². The summed E-state index contributed by atoms with van der Waals surface area (Å²) in [4.78, 5) is 0. The lowest BCUT2D eigenvalue weighted by molar-refractivity contribution is 0.307. The highest BCUT2D eigenvalue weighted by atomic mass is 16.5. The third-order valence-corrected chi connectivity index (χ3v) is 3.83.